The lowest BCUT2D eigenvalue weighted by molar-refractivity contribution is 0.296. The predicted molar refractivity (Wildman–Crippen MR) is 66.8 cm³/mol. The van der Waals surface area contributed by atoms with Crippen LogP contribution in [0.3, 0.4) is 0 Å². The molecule has 0 saturated carbocycles. The van der Waals surface area contributed by atoms with Gasteiger partial charge in [0.2, 0.25) is 0 Å². The van der Waals surface area contributed by atoms with E-state index in [0.29, 0.717) is 5.02 Å². The Morgan fingerprint density at radius 3 is 3.07 bits per heavy atom. The van der Waals surface area contributed by atoms with Crippen LogP contribution in [0.2, 0.25) is 5.02 Å². The van der Waals surface area contributed by atoms with Gasteiger partial charge in [-0.3, -0.25) is 4.98 Å². The number of nitrogens with one attached hydrogen (secondary N) is 1. The van der Waals surface area contributed by atoms with E-state index in [4.69, 9.17) is 16.7 Å². The van der Waals surface area contributed by atoms with Gasteiger partial charge in [-0.1, -0.05) is 11.6 Å². The molecular weight excluding hydrogens is 232 g/mol. The number of nitrogens with zero attached hydrogens (tertiary/aromatic N) is 1. The summed E-state index contributed by atoms with van der Waals surface area (Å²) in [5, 5.41) is 12.5. The highest BCUT2D eigenvalue weighted by Crippen LogP contribution is 2.18. The molecule has 0 spiro atoms. The van der Waals surface area contributed by atoms with Gasteiger partial charge in [-0.2, -0.15) is 11.8 Å². The first-order chi connectivity index (χ1) is 7.34. The third-order valence-corrected chi connectivity index (χ3v) is 3.15. The summed E-state index contributed by atoms with van der Waals surface area (Å²) in [6.07, 6.45) is 4.20. The molecule has 2 N–H and O–H groups in total. The Kier molecular flexibility index (Phi) is 6.55. The summed E-state index contributed by atoms with van der Waals surface area (Å²) >= 11 is 7.74. The second-order valence-electron chi connectivity index (χ2n) is 2.97. The standard InChI is InChI=1S/C10H15ClN2OS/c11-9-8-12-3-2-10(9)13-4-7-15-6-1-5-14/h2-3,8,14H,1,4-7H2,(H,12,13). The summed E-state index contributed by atoms with van der Waals surface area (Å²) in [7, 11) is 0. The molecule has 0 saturated heterocycles. The van der Waals surface area contributed by atoms with Crippen molar-refractivity contribution >= 4 is 29.1 Å². The molecule has 0 radical (unpaired) electrons. The van der Waals surface area contributed by atoms with E-state index in [1.165, 1.54) is 0 Å². The van der Waals surface area contributed by atoms with E-state index in [9.17, 15) is 0 Å². The van der Waals surface area contributed by atoms with Crippen molar-refractivity contribution in [1.29, 1.82) is 0 Å². The number of rotatable bonds is 7. The summed E-state index contributed by atoms with van der Waals surface area (Å²) in [6.45, 7) is 1.15. The van der Waals surface area contributed by atoms with Gasteiger partial charge in [0.15, 0.2) is 0 Å². The molecule has 0 aliphatic rings. The third-order valence-electron chi connectivity index (χ3n) is 1.78. The summed E-state index contributed by atoms with van der Waals surface area (Å²) in [5.74, 6) is 2.01. The van der Waals surface area contributed by atoms with Gasteiger partial charge in [-0.05, 0) is 18.2 Å². The summed E-state index contributed by atoms with van der Waals surface area (Å²) < 4.78 is 0. The highest BCUT2D eigenvalue weighted by molar-refractivity contribution is 7.99. The van der Waals surface area contributed by atoms with Crippen LogP contribution in [-0.2, 0) is 0 Å². The number of aliphatic hydroxyl groups is 1. The van der Waals surface area contributed by atoms with Crippen molar-refractivity contribution in [3.8, 4) is 0 Å². The van der Waals surface area contributed by atoms with Gasteiger partial charge in [-0.25, -0.2) is 0 Å². The van der Waals surface area contributed by atoms with Crippen molar-refractivity contribution in [2.75, 3.05) is 30.0 Å². The molecule has 3 nitrogen and oxygen atoms in total. The fourth-order valence-corrected chi connectivity index (χ4v) is 2.02. The highest BCUT2D eigenvalue weighted by Gasteiger charge is 1.97. The minimum atomic E-state index is 0.274. The molecule has 0 amide bonds. The van der Waals surface area contributed by atoms with Crippen LogP contribution >= 0.6 is 23.4 Å². The van der Waals surface area contributed by atoms with E-state index in [1.807, 2.05) is 17.8 Å². The van der Waals surface area contributed by atoms with Gasteiger partial charge >= 0.3 is 0 Å². The lowest BCUT2D eigenvalue weighted by Gasteiger charge is -2.06. The Balaban J connectivity index is 2.12. The molecule has 15 heavy (non-hydrogen) atoms. The Morgan fingerprint density at radius 2 is 2.33 bits per heavy atom. The van der Waals surface area contributed by atoms with Crippen LogP contribution in [0.25, 0.3) is 0 Å². The van der Waals surface area contributed by atoms with Gasteiger partial charge in [0.1, 0.15) is 0 Å². The maximum atomic E-state index is 8.58. The Labute approximate surface area is 99.2 Å². The van der Waals surface area contributed by atoms with Gasteiger partial charge in [0.25, 0.3) is 0 Å². The molecule has 0 bridgehead atoms. The number of hydrogen-bond donors (Lipinski definition) is 2. The van der Waals surface area contributed by atoms with Crippen molar-refractivity contribution < 1.29 is 5.11 Å². The molecule has 1 aromatic rings. The zero-order valence-corrected chi connectivity index (χ0v) is 10.0. The molecular formula is C10H15ClN2OS. The highest BCUT2D eigenvalue weighted by atomic mass is 35.5. The number of halogens is 1. The molecule has 1 heterocycles. The van der Waals surface area contributed by atoms with Gasteiger partial charge in [0.05, 0.1) is 10.7 Å². The topological polar surface area (TPSA) is 45.1 Å². The van der Waals surface area contributed by atoms with Crippen molar-refractivity contribution in [1.82, 2.24) is 4.98 Å². The van der Waals surface area contributed by atoms with Gasteiger partial charge in [-0.15, -0.1) is 0 Å². The number of pyridine rings is 1. The average molecular weight is 247 g/mol. The van der Waals surface area contributed by atoms with Crippen LogP contribution in [0.4, 0.5) is 5.69 Å². The lowest BCUT2D eigenvalue weighted by atomic mass is 10.4. The van der Waals surface area contributed by atoms with E-state index in [-0.39, 0.29) is 6.61 Å². The third kappa shape index (κ3) is 5.25. The zero-order chi connectivity index (χ0) is 10.9. The number of thioether (sulfide) groups is 1. The summed E-state index contributed by atoms with van der Waals surface area (Å²) in [5.41, 5.74) is 0.925. The molecule has 5 heteroatoms. The van der Waals surface area contributed by atoms with E-state index in [1.54, 1.807) is 12.4 Å². The molecule has 0 unspecified atom stereocenters. The fourth-order valence-electron chi connectivity index (χ4n) is 1.05. The van der Waals surface area contributed by atoms with Crippen molar-refractivity contribution in [3.63, 3.8) is 0 Å². The first kappa shape index (κ1) is 12.6. The van der Waals surface area contributed by atoms with E-state index in [0.717, 1.165) is 30.2 Å². The molecule has 0 atom stereocenters. The first-order valence-corrected chi connectivity index (χ1v) is 6.40. The quantitative estimate of drug-likeness (QED) is 0.725. The van der Waals surface area contributed by atoms with Crippen LogP contribution in [0.15, 0.2) is 18.5 Å². The molecule has 0 aromatic carbocycles. The minimum absolute atomic E-state index is 0.274. The predicted octanol–water partition coefficient (Wildman–Crippen LogP) is 2.26. The van der Waals surface area contributed by atoms with Crippen molar-refractivity contribution in [3.05, 3.63) is 23.5 Å². The second-order valence-corrected chi connectivity index (χ2v) is 4.60. The first-order valence-electron chi connectivity index (χ1n) is 4.86. The Morgan fingerprint density at radius 1 is 1.47 bits per heavy atom. The molecule has 0 fully saturated rings. The van der Waals surface area contributed by atoms with Crippen LogP contribution in [-0.4, -0.2) is 34.7 Å². The van der Waals surface area contributed by atoms with Crippen LogP contribution < -0.4 is 5.32 Å². The normalized spacial score (nSPS) is 10.3. The molecule has 1 rings (SSSR count). The largest absolute Gasteiger partial charge is 0.396 e. The van der Waals surface area contributed by atoms with E-state index >= 15 is 0 Å². The Bertz CT molecular complexity index is 286. The number of aromatic nitrogens is 1. The summed E-state index contributed by atoms with van der Waals surface area (Å²) in [4.78, 5) is 3.91. The number of anilines is 1. The maximum absolute atomic E-state index is 8.58. The average Bonchev–Trinajstić information content (AvgIpc) is 2.25. The number of aliphatic hydroxyl groups excluding tert-OH is 1. The zero-order valence-electron chi connectivity index (χ0n) is 8.45. The monoisotopic (exact) mass is 246 g/mol. The molecule has 0 aliphatic heterocycles. The maximum Gasteiger partial charge on any atom is 0.0820 e. The Hall–Kier alpha value is -0.450. The number of hydrogen-bond acceptors (Lipinski definition) is 4. The van der Waals surface area contributed by atoms with E-state index in [2.05, 4.69) is 10.3 Å². The fraction of sp³-hybridized carbons (Fsp3) is 0.500. The van der Waals surface area contributed by atoms with Crippen molar-refractivity contribution in [2.45, 2.75) is 6.42 Å². The lowest BCUT2D eigenvalue weighted by Crippen LogP contribution is -2.05. The van der Waals surface area contributed by atoms with Crippen molar-refractivity contribution in [2.24, 2.45) is 0 Å². The van der Waals surface area contributed by atoms with Crippen LogP contribution in [0.1, 0.15) is 6.42 Å². The second kappa shape index (κ2) is 7.79. The van der Waals surface area contributed by atoms with Crippen LogP contribution in [0.5, 0.6) is 0 Å². The molecule has 84 valence electrons. The summed E-state index contributed by atoms with van der Waals surface area (Å²) in [6, 6.07) is 1.86. The molecule has 1 aromatic heterocycles. The van der Waals surface area contributed by atoms with Gasteiger partial charge in [0, 0.05) is 31.3 Å². The minimum Gasteiger partial charge on any atom is -0.396 e. The van der Waals surface area contributed by atoms with Crippen LogP contribution in [0, 0.1) is 0 Å². The smallest absolute Gasteiger partial charge is 0.0820 e. The molecule has 0 aliphatic carbocycles. The van der Waals surface area contributed by atoms with Gasteiger partial charge < -0.3 is 10.4 Å². The SMILES string of the molecule is OCCCSCCNc1ccncc1Cl. The van der Waals surface area contributed by atoms with E-state index < -0.39 is 0 Å².